The van der Waals surface area contributed by atoms with Crippen molar-refractivity contribution in [2.75, 3.05) is 7.05 Å². The van der Waals surface area contributed by atoms with Crippen LogP contribution in [-0.4, -0.2) is 36.9 Å². The fraction of sp³-hybridized carbons (Fsp3) is 0.250. The average molecular weight is 503 g/mol. The van der Waals surface area contributed by atoms with Gasteiger partial charge in [-0.1, -0.05) is 35.9 Å². The summed E-state index contributed by atoms with van der Waals surface area (Å²) < 4.78 is 43.8. The molecule has 0 radical (unpaired) electrons. The van der Waals surface area contributed by atoms with Crippen LogP contribution in [0.25, 0.3) is 0 Å². The molecule has 0 saturated carbocycles. The summed E-state index contributed by atoms with van der Waals surface area (Å²) in [6.07, 6.45) is 1.79. The van der Waals surface area contributed by atoms with E-state index in [9.17, 15) is 22.9 Å². The second-order valence-corrected chi connectivity index (χ2v) is 9.93. The van der Waals surface area contributed by atoms with Gasteiger partial charge in [0.1, 0.15) is 28.5 Å². The number of likely N-dealkylation sites (N-methyl/N-ethyl adjacent to an activating group) is 1. The number of sulfonamides is 1. The Morgan fingerprint density at radius 2 is 1.91 bits per heavy atom. The van der Waals surface area contributed by atoms with Crippen LogP contribution in [-0.2, 0) is 27.9 Å². The predicted octanol–water partition coefficient (Wildman–Crippen LogP) is 3.86. The summed E-state index contributed by atoms with van der Waals surface area (Å²) in [5.74, 6) is -0.859. The lowest BCUT2D eigenvalue weighted by Crippen LogP contribution is -2.47. The van der Waals surface area contributed by atoms with Crippen LogP contribution < -0.4 is 4.72 Å². The second kappa shape index (κ2) is 10.8. The van der Waals surface area contributed by atoms with Gasteiger partial charge in [0, 0.05) is 26.3 Å². The summed E-state index contributed by atoms with van der Waals surface area (Å²) in [6, 6.07) is 14.7. The van der Waals surface area contributed by atoms with Crippen molar-refractivity contribution in [1.82, 2.24) is 14.2 Å². The number of hydrogen-bond acceptors (Lipinski definition) is 4. The molecule has 1 N–H and O–H groups in total. The molecule has 3 aromatic rings. The Hall–Kier alpha value is -3.19. The molecule has 0 bridgehead atoms. The topological polar surface area (TPSA) is 95.2 Å². The first-order valence-corrected chi connectivity index (χ1v) is 12.3. The Balaban J connectivity index is 1.87. The lowest BCUT2D eigenvalue weighted by Gasteiger charge is -2.25. The smallest absolute Gasteiger partial charge is 0.243 e. The zero-order chi connectivity index (χ0) is 24.9. The number of rotatable bonds is 9. The van der Waals surface area contributed by atoms with Gasteiger partial charge >= 0.3 is 0 Å². The molecule has 7 nitrogen and oxygen atoms in total. The minimum Gasteiger partial charge on any atom is -0.340 e. The van der Waals surface area contributed by atoms with E-state index in [0.29, 0.717) is 16.8 Å². The van der Waals surface area contributed by atoms with Crippen LogP contribution in [0.1, 0.15) is 23.2 Å². The largest absolute Gasteiger partial charge is 0.340 e. The molecule has 1 unspecified atom stereocenters. The number of benzene rings is 2. The number of halogens is 2. The van der Waals surface area contributed by atoms with Gasteiger partial charge in [-0.25, -0.2) is 12.8 Å². The van der Waals surface area contributed by atoms with Gasteiger partial charge in [0.2, 0.25) is 15.9 Å². The maximum Gasteiger partial charge on any atom is 0.243 e. The van der Waals surface area contributed by atoms with Gasteiger partial charge < -0.3 is 9.47 Å². The second-order valence-electron chi connectivity index (χ2n) is 7.87. The van der Waals surface area contributed by atoms with E-state index < -0.39 is 27.8 Å². The lowest BCUT2D eigenvalue weighted by molar-refractivity contribution is -0.132. The van der Waals surface area contributed by atoms with E-state index in [0.717, 1.165) is 0 Å². The van der Waals surface area contributed by atoms with E-state index >= 15 is 0 Å². The summed E-state index contributed by atoms with van der Waals surface area (Å²) >= 11 is 6.17. The lowest BCUT2D eigenvalue weighted by atomic mass is 10.1. The highest BCUT2D eigenvalue weighted by molar-refractivity contribution is 7.89. The molecule has 2 aromatic carbocycles. The molecule has 0 fully saturated rings. The molecule has 0 spiro atoms. The van der Waals surface area contributed by atoms with Gasteiger partial charge in [-0.05, 0) is 54.8 Å². The molecule has 0 aliphatic carbocycles. The Kier molecular flexibility index (Phi) is 8.10. The zero-order valence-corrected chi connectivity index (χ0v) is 20.3. The molecule has 1 heterocycles. The average Bonchev–Trinajstić information content (AvgIpc) is 3.25. The Morgan fingerprint density at radius 1 is 1.21 bits per heavy atom. The van der Waals surface area contributed by atoms with Crippen molar-refractivity contribution in [2.24, 2.45) is 0 Å². The van der Waals surface area contributed by atoms with Crippen molar-refractivity contribution in [1.29, 1.82) is 5.26 Å². The maximum absolute atomic E-state index is 13.3. The minimum atomic E-state index is -4.14. The van der Waals surface area contributed by atoms with E-state index in [1.807, 2.05) is 0 Å². The van der Waals surface area contributed by atoms with Gasteiger partial charge in [0.05, 0.1) is 5.02 Å². The molecule has 34 heavy (non-hydrogen) atoms. The summed E-state index contributed by atoms with van der Waals surface area (Å²) in [4.78, 5) is 14.6. The number of amides is 1. The Bertz CT molecular complexity index is 1300. The molecule has 3 rings (SSSR count). The van der Waals surface area contributed by atoms with E-state index in [2.05, 4.69) is 10.8 Å². The fourth-order valence-corrected chi connectivity index (χ4v) is 5.68. The highest BCUT2D eigenvalue weighted by atomic mass is 35.5. The van der Waals surface area contributed by atoms with Gasteiger partial charge in [-0.15, -0.1) is 0 Å². The van der Waals surface area contributed by atoms with Crippen LogP contribution in [0.4, 0.5) is 4.39 Å². The van der Waals surface area contributed by atoms with E-state index in [1.54, 1.807) is 61.1 Å². The Morgan fingerprint density at radius 3 is 2.56 bits per heavy atom. The molecule has 1 atom stereocenters. The molecule has 0 saturated heterocycles. The van der Waals surface area contributed by atoms with Gasteiger partial charge in [-0.3, -0.25) is 4.79 Å². The van der Waals surface area contributed by atoms with Crippen molar-refractivity contribution in [2.45, 2.75) is 37.4 Å². The van der Waals surface area contributed by atoms with Gasteiger partial charge in [0.25, 0.3) is 0 Å². The van der Waals surface area contributed by atoms with E-state index in [4.69, 9.17) is 11.6 Å². The van der Waals surface area contributed by atoms with Crippen LogP contribution in [0, 0.1) is 24.1 Å². The molecule has 0 aliphatic heterocycles. The molecule has 178 valence electrons. The fourth-order valence-electron chi connectivity index (χ4n) is 3.62. The zero-order valence-electron chi connectivity index (χ0n) is 18.7. The highest BCUT2D eigenvalue weighted by Crippen LogP contribution is 2.25. The molecule has 1 aromatic heterocycles. The number of nitrogens with one attached hydrogen (secondary N) is 1. The van der Waals surface area contributed by atoms with Crippen LogP contribution >= 0.6 is 11.6 Å². The number of carbonyl (C=O) groups is 1. The maximum atomic E-state index is 13.3. The number of hydrogen-bond donors (Lipinski definition) is 1. The van der Waals surface area contributed by atoms with Gasteiger partial charge in [0.15, 0.2) is 0 Å². The quantitative estimate of drug-likeness (QED) is 0.480. The van der Waals surface area contributed by atoms with Gasteiger partial charge in [-0.2, -0.15) is 9.98 Å². The van der Waals surface area contributed by atoms with Crippen molar-refractivity contribution < 1.29 is 17.6 Å². The number of carbonyl (C=O) groups excluding carboxylic acids is 1. The molecular weight excluding hydrogens is 479 g/mol. The SMILES string of the molecule is Cc1cccc(Cl)c1S(=O)(=O)NC(CCn1cccc1C#N)C(=O)N(C)Cc1ccc(F)cc1. The monoisotopic (exact) mass is 502 g/mol. The van der Waals surface area contributed by atoms with Crippen molar-refractivity contribution in [3.05, 3.63) is 88.5 Å². The summed E-state index contributed by atoms with van der Waals surface area (Å²) in [5, 5.41) is 9.30. The van der Waals surface area contributed by atoms with Crippen LogP contribution in [0.5, 0.6) is 0 Å². The first-order chi connectivity index (χ1) is 16.1. The molecular formula is C24H24ClFN4O3S. The number of aryl methyl sites for hydroxylation is 2. The standard InChI is InChI=1S/C24H24ClFN4O3S/c1-17-5-3-7-21(25)23(17)34(32,33)28-22(12-14-30-13-4-6-20(30)15-27)24(31)29(2)16-18-8-10-19(26)11-9-18/h3-11,13,22,28H,12,14,16H2,1-2H3. The highest BCUT2D eigenvalue weighted by Gasteiger charge is 2.30. The van der Waals surface area contributed by atoms with Crippen LogP contribution in [0.3, 0.4) is 0 Å². The van der Waals surface area contributed by atoms with E-state index in [-0.39, 0.29) is 29.4 Å². The number of nitriles is 1. The number of aromatic nitrogens is 1. The minimum absolute atomic E-state index is 0.0514. The summed E-state index contributed by atoms with van der Waals surface area (Å²) in [7, 11) is -2.59. The first-order valence-electron chi connectivity index (χ1n) is 10.4. The van der Waals surface area contributed by atoms with E-state index in [1.165, 1.54) is 23.1 Å². The Labute approximate surface area is 203 Å². The third kappa shape index (κ3) is 6.03. The van der Waals surface area contributed by atoms with Crippen molar-refractivity contribution >= 4 is 27.5 Å². The third-order valence-electron chi connectivity index (χ3n) is 5.34. The number of nitrogens with zero attached hydrogens (tertiary/aromatic N) is 3. The summed E-state index contributed by atoms with van der Waals surface area (Å²) in [5.41, 5.74) is 1.54. The van der Waals surface area contributed by atoms with Crippen LogP contribution in [0.2, 0.25) is 5.02 Å². The third-order valence-corrected chi connectivity index (χ3v) is 7.44. The molecule has 1 amide bonds. The predicted molar refractivity (Wildman–Crippen MR) is 127 cm³/mol. The first kappa shape index (κ1) is 25.4. The summed E-state index contributed by atoms with van der Waals surface area (Å²) in [6.45, 7) is 2.02. The normalized spacial score (nSPS) is 12.2. The van der Waals surface area contributed by atoms with Crippen LogP contribution in [0.15, 0.2) is 65.7 Å². The van der Waals surface area contributed by atoms with Crippen molar-refractivity contribution in [3.63, 3.8) is 0 Å². The van der Waals surface area contributed by atoms with Crippen molar-refractivity contribution in [3.8, 4) is 6.07 Å². The molecule has 10 heteroatoms. The molecule has 0 aliphatic rings.